The van der Waals surface area contributed by atoms with E-state index in [9.17, 15) is 4.79 Å². The summed E-state index contributed by atoms with van der Waals surface area (Å²) in [5.41, 5.74) is 2.64. The van der Waals surface area contributed by atoms with Gasteiger partial charge in [0.2, 0.25) is 5.91 Å². The lowest BCUT2D eigenvalue weighted by molar-refractivity contribution is -0.121. The summed E-state index contributed by atoms with van der Waals surface area (Å²) in [7, 11) is 0. The predicted molar refractivity (Wildman–Crippen MR) is 70.5 cm³/mol. The number of hydrogen-bond acceptors (Lipinski definition) is 4. The number of thiazole rings is 1. The SMILES string of the molecule is O=C(CCOc1ccccc1)NCc1cscn1. The molecule has 0 aliphatic heterocycles. The minimum atomic E-state index is -0.0288. The second kappa shape index (κ2) is 6.76. The summed E-state index contributed by atoms with van der Waals surface area (Å²) in [4.78, 5) is 15.6. The van der Waals surface area contributed by atoms with Gasteiger partial charge in [-0.1, -0.05) is 18.2 Å². The lowest BCUT2D eigenvalue weighted by atomic mass is 10.3. The number of carbonyl (C=O) groups excluding carboxylic acids is 1. The van der Waals surface area contributed by atoms with Crippen molar-refractivity contribution >= 4 is 17.2 Å². The van der Waals surface area contributed by atoms with Crippen molar-refractivity contribution in [2.75, 3.05) is 6.61 Å². The third kappa shape index (κ3) is 4.18. The number of amides is 1. The largest absolute Gasteiger partial charge is 0.493 e. The first kappa shape index (κ1) is 12.6. The van der Waals surface area contributed by atoms with Gasteiger partial charge in [0.05, 0.1) is 30.8 Å². The maximum Gasteiger partial charge on any atom is 0.223 e. The topological polar surface area (TPSA) is 51.2 Å². The molecule has 1 N–H and O–H groups in total. The Kier molecular flexibility index (Phi) is 4.72. The van der Waals surface area contributed by atoms with Crippen molar-refractivity contribution in [3.63, 3.8) is 0 Å². The molecular formula is C13H14N2O2S. The molecule has 0 bridgehead atoms. The first-order valence-corrected chi connectivity index (χ1v) is 6.60. The number of nitrogens with zero attached hydrogens (tertiary/aromatic N) is 1. The summed E-state index contributed by atoms with van der Waals surface area (Å²) < 4.78 is 5.44. The van der Waals surface area contributed by atoms with Crippen LogP contribution >= 0.6 is 11.3 Å². The Morgan fingerprint density at radius 2 is 2.17 bits per heavy atom. The molecule has 0 saturated heterocycles. The van der Waals surface area contributed by atoms with Crippen LogP contribution in [-0.4, -0.2) is 17.5 Å². The molecule has 18 heavy (non-hydrogen) atoms. The fourth-order valence-electron chi connectivity index (χ4n) is 1.38. The number of ether oxygens (including phenoxy) is 1. The summed E-state index contributed by atoms with van der Waals surface area (Å²) >= 11 is 1.52. The minimum Gasteiger partial charge on any atom is -0.493 e. The highest BCUT2D eigenvalue weighted by molar-refractivity contribution is 7.07. The fraction of sp³-hybridized carbons (Fsp3) is 0.231. The Morgan fingerprint density at radius 3 is 2.89 bits per heavy atom. The van der Waals surface area contributed by atoms with E-state index in [1.807, 2.05) is 35.7 Å². The maximum absolute atomic E-state index is 11.5. The van der Waals surface area contributed by atoms with Crippen molar-refractivity contribution in [1.82, 2.24) is 10.3 Å². The highest BCUT2D eigenvalue weighted by Crippen LogP contribution is 2.08. The molecule has 1 aromatic carbocycles. The van der Waals surface area contributed by atoms with Gasteiger partial charge in [-0.05, 0) is 12.1 Å². The van der Waals surface area contributed by atoms with E-state index < -0.39 is 0 Å². The van der Waals surface area contributed by atoms with E-state index in [0.29, 0.717) is 19.6 Å². The highest BCUT2D eigenvalue weighted by Gasteiger charge is 2.02. The third-order valence-electron chi connectivity index (χ3n) is 2.29. The molecule has 5 heteroatoms. The second-order valence-electron chi connectivity index (χ2n) is 3.67. The third-order valence-corrected chi connectivity index (χ3v) is 2.93. The van der Waals surface area contributed by atoms with Crippen molar-refractivity contribution in [3.05, 3.63) is 46.9 Å². The molecule has 0 radical (unpaired) electrons. The van der Waals surface area contributed by atoms with Gasteiger partial charge in [-0.2, -0.15) is 0 Å². The van der Waals surface area contributed by atoms with E-state index in [1.165, 1.54) is 11.3 Å². The number of rotatable bonds is 6. The first-order valence-electron chi connectivity index (χ1n) is 5.66. The molecule has 0 saturated carbocycles. The van der Waals surface area contributed by atoms with Crippen molar-refractivity contribution in [1.29, 1.82) is 0 Å². The Morgan fingerprint density at radius 1 is 1.33 bits per heavy atom. The molecule has 0 unspecified atom stereocenters. The number of carbonyl (C=O) groups is 1. The monoisotopic (exact) mass is 262 g/mol. The quantitative estimate of drug-likeness (QED) is 0.868. The number of hydrogen-bond donors (Lipinski definition) is 1. The zero-order valence-electron chi connectivity index (χ0n) is 9.83. The van der Waals surface area contributed by atoms with E-state index >= 15 is 0 Å². The van der Waals surface area contributed by atoms with Crippen LogP contribution < -0.4 is 10.1 Å². The Balaban J connectivity index is 1.63. The highest BCUT2D eigenvalue weighted by atomic mass is 32.1. The number of para-hydroxylation sites is 1. The average Bonchev–Trinajstić information content (AvgIpc) is 2.91. The van der Waals surface area contributed by atoms with Crippen LogP contribution in [0.15, 0.2) is 41.2 Å². The lowest BCUT2D eigenvalue weighted by Crippen LogP contribution is -2.24. The number of benzene rings is 1. The molecule has 94 valence electrons. The van der Waals surface area contributed by atoms with Crippen LogP contribution in [0.3, 0.4) is 0 Å². The predicted octanol–water partition coefficient (Wildman–Crippen LogP) is 2.23. The smallest absolute Gasteiger partial charge is 0.223 e. The molecule has 2 rings (SSSR count). The maximum atomic E-state index is 11.5. The summed E-state index contributed by atoms with van der Waals surface area (Å²) in [6.07, 6.45) is 0.346. The van der Waals surface area contributed by atoms with Crippen molar-refractivity contribution < 1.29 is 9.53 Å². The second-order valence-corrected chi connectivity index (χ2v) is 4.39. The van der Waals surface area contributed by atoms with E-state index in [2.05, 4.69) is 10.3 Å². The van der Waals surface area contributed by atoms with Gasteiger partial charge in [0, 0.05) is 5.38 Å². The molecule has 0 spiro atoms. The van der Waals surface area contributed by atoms with Crippen LogP contribution in [0.25, 0.3) is 0 Å². The standard InChI is InChI=1S/C13H14N2O2S/c16-13(14-8-11-9-18-10-15-11)6-7-17-12-4-2-1-3-5-12/h1-5,9-10H,6-8H2,(H,14,16). The van der Waals surface area contributed by atoms with Crippen molar-refractivity contribution in [2.45, 2.75) is 13.0 Å². The summed E-state index contributed by atoms with van der Waals surface area (Å²) in [6, 6.07) is 9.46. The summed E-state index contributed by atoms with van der Waals surface area (Å²) in [5, 5.41) is 4.71. The van der Waals surface area contributed by atoms with Gasteiger partial charge in [0.25, 0.3) is 0 Å². The molecular weight excluding hydrogens is 248 g/mol. The molecule has 0 aliphatic rings. The van der Waals surface area contributed by atoms with Crippen LogP contribution in [0.5, 0.6) is 5.75 Å². The molecule has 0 aliphatic carbocycles. The summed E-state index contributed by atoms with van der Waals surface area (Å²) in [5.74, 6) is 0.753. The van der Waals surface area contributed by atoms with E-state index in [-0.39, 0.29) is 5.91 Å². The van der Waals surface area contributed by atoms with Gasteiger partial charge >= 0.3 is 0 Å². The van der Waals surface area contributed by atoms with E-state index in [0.717, 1.165) is 11.4 Å². The van der Waals surface area contributed by atoms with Crippen LogP contribution in [0.2, 0.25) is 0 Å². The molecule has 0 atom stereocenters. The Labute approximate surface area is 110 Å². The molecule has 0 fully saturated rings. The zero-order valence-corrected chi connectivity index (χ0v) is 10.7. The molecule has 1 amide bonds. The number of nitrogens with one attached hydrogen (secondary N) is 1. The average molecular weight is 262 g/mol. The van der Waals surface area contributed by atoms with Gasteiger partial charge < -0.3 is 10.1 Å². The van der Waals surface area contributed by atoms with Gasteiger partial charge in [-0.3, -0.25) is 4.79 Å². The van der Waals surface area contributed by atoms with Gasteiger partial charge in [0.15, 0.2) is 0 Å². The van der Waals surface area contributed by atoms with Gasteiger partial charge in [-0.25, -0.2) is 4.98 Å². The van der Waals surface area contributed by atoms with Crippen molar-refractivity contribution in [2.24, 2.45) is 0 Å². The van der Waals surface area contributed by atoms with Gasteiger partial charge in [-0.15, -0.1) is 11.3 Å². The first-order chi connectivity index (χ1) is 8.84. The Hall–Kier alpha value is -1.88. The molecule has 2 aromatic rings. The number of aromatic nitrogens is 1. The van der Waals surface area contributed by atoms with Crippen LogP contribution in [0, 0.1) is 0 Å². The molecule has 1 heterocycles. The Bertz CT molecular complexity index is 471. The summed E-state index contributed by atoms with van der Waals surface area (Å²) in [6.45, 7) is 0.862. The van der Waals surface area contributed by atoms with Crippen LogP contribution in [0.1, 0.15) is 12.1 Å². The van der Waals surface area contributed by atoms with E-state index in [1.54, 1.807) is 5.51 Å². The minimum absolute atomic E-state index is 0.0288. The van der Waals surface area contributed by atoms with Crippen LogP contribution in [0.4, 0.5) is 0 Å². The van der Waals surface area contributed by atoms with Crippen molar-refractivity contribution in [3.8, 4) is 5.75 Å². The lowest BCUT2D eigenvalue weighted by Gasteiger charge is -2.06. The molecule has 1 aromatic heterocycles. The van der Waals surface area contributed by atoms with E-state index in [4.69, 9.17) is 4.74 Å². The van der Waals surface area contributed by atoms with Gasteiger partial charge in [0.1, 0.15) is 5.75 Å². The van der Waals surface area contributed by atoms with Crippen LogP contribution in [-0.2, 0) is 11.3 Å². The fourth-order valence-corrected chi connectivity index (χ4v) is 1.94. The molecule has 4 nitrogen and oxygen atoms in total. The zero-order chi connectivity index (χ0) is 12.6. The normalized spacial score (nSPS) is 10.0.